The highest BCUT2D eigenvalue weighted by atomic mass is 35.5. The second-order valence-corrected chi connectivity index (χ2v) is 8.72. The summed E-state index contributed by atoms with van der Waals surface area (Å²) in [6.07, 6.45) is 0.431. The summed E-state index contributed by atoms with van der Waals surface area (Å²) in [6.45, 7) is 3.88. The van der Waals surface area contributed by atoms with Crippen LogP contribution in [-0.2, 0) is 14.8 Å². The fraction of sp³-hybridized carbons (Fsp3) is 0.263. The smallest absolute Gasteiger partial charge is 0.251 e. The molecule has 2 aromatic rings. The monoisotopic (exact) mass is 423 g/mol. The molecule has 28 heavy (non-hydrogen) atoms. The Morgan fingerprint density at radius 2 is 1.61 bits per heavy atom. The fourth-order valence-corrected chi connectivity index (χ4v) is 3.14. The van der Waals surface area contributed by atoms with Crippen molar-refractivity contribution in [1.82, 2.24) is 5.32 Å². The molecule has 2 amide bonds. The molecule has 0 aromatic heterocycles. The summed E-state index contributed by atoms with van der Waals surface area (Å²) in [5.41, 5.74) is 0.787. The number of primary sulfonamides is 1. The lowest BCUT2D eigenvalue weighted by Gasteiger charge is -2.20. The Bertz CT molecular complexity index is 942. The maximum Gasteiger partial charge on any atom is 0.251 e. The molecule has 1 atom stereocenters. The van der Waals surface area contributed by atoms with E-state index >= 15 is 0 Å². The van der Waals surface area contributed by atoms with Gasteiger partial charge in [-0.3, -0.25) is 9.59 Å². The van der Waals surface area contributed by atoms with Gasteiger partial charge in [-0.05, 0) is 60.9 Å². The number of hydrogen-bond donors (Lipinski definition) is 3. The zero-order chi connectivity index (χ0) is 20.9. The van der Waals surface area contributed by atoms with Crippen molar-refractivity contribution in [3.63, 3.8) is 0 Å². The summed E-state index contributed by atoms with van der Waals surface area (Å²) in [5.74, 6) is -0.632. The molecule has 150 valence electrons. The van der Waals surface area contributed by atoms with Crippen LogP contribution in [0.3, 0.4) is 0 Å². The molecular weight excluding hydrogens is 402 g/mol. The third-order valence-electron chi connectivity index (χ3n) is 3.89. The van der Waals surface area contributed by atoms with Crippen LogP contribution in [0.25, 0.3) is 0 Å². The molecule has 0 aliphatic carbocycles. The standard InChI is InChI=1S/C19H22ClN3O4S/c1-12(2)11-17(23-18(24)13-3-5-14(20)6-4-13)19(25)22-15-7-9-16(10-8-15)28(21,26)27/h3-10,12,17H,11H2,1-2H3,(H,22,25)(H,23,24)(H2,21,26,27). The first-order chi connectivity index (χ1) is 13.1. The lowest BCUT2D eigenvalue weighted by Crippen LogP contribution is -2.44. The third kappa shape index (κ3) is 6.33. The molecule has 0 spiro atoms. The van der Waals surface area contributed by atoms with Gasteiger partial charge >= 0.3 is 0 Å². The maximum atomic E-state index is 12.7. The van der Waals surface area contributed by atoms with E-state index in [0.717, 1.165) is 0 Å². The van der Waals surface area contributed by atoms with Gasteiger partial charge in [0, 0.05) is 16.3 Å². The zero-order valence-corrected chi connectivity index (χ0v) is 17.0. The van der Waals surface area contributed by atoms with Gasteiger partial charge in [0.05, 0.1) is 4.90 Å². The van der Waals surface area contributed by atoms with Gasteiger partial charge in [-0.25, -0.2) is 13.6 Å². The van der Waals surface area contributed by atoms with Crippen LogP contribution >= 0.6 is 11.6 Å². The molecule has 1 unspecified atom stereocenters. The quantitative estimate of drug-likeness (QED) is 0.634. The number of hydrogen-bond acceptors (Lipinski definition) is 4. The first kappa shape index (κ1) is 21.9. The minimum absolute atomic E-state index is 0.0553. The highest BCUT2D eigenvalue weighted by Gasteiger charge is 2.23. The zero-order valence-electron chi connectivity index (χ0n) is 15.5. The average Bonchev–Trinajstić information content (AvgIpc) is 2.61. The number of carbonyl (C=O) groups is 2. The van der Waals surface area contributed by atoms with Crippen molar-refractivity contribution < 1.29 is 18.0 Å². The van der Waals surface area contributed by atoms with Gasteiger partial charge in [-0.1, -0.05) is 25.4 Å². The van der Waals surface area contributed by atoms with Gasteiger partial charge < -0.3 is 10.6 Å². The summed E-state index contributed by atoms with van der Waals surface area (Å²) < 4.78 is 22.6. The molecule has 7 nitrogen and oxygen atoms in total. The van der Waals surface area contributed by atoms with E-state index < -0.39 is 22.0 Å². The topological polar surface area (TPSA) is 118 Å². The van der Waals surface area contributed by atoms with E-state index in [9.17, 15) is 18.0 Å². The number of nitrogens with two attached hydrogens (primary N) is 1. The van der Waals surface area contributed by atoms with Crippen LogP contribution < -0.4 is 15.8 Å². The van der Waals surface area contributed by atoms with Gasteiger partial charge in [0.25, 0.3) is 5.91 Å². The van der Waals surface area contributed by atoms with Crippen LogP contribution in [0.5, 0.6) is 0 Å². The highest BCUT2D eigenvalue weighted by molar-refractivity contribution is 7.89. The van der Waals surface area contributed by atoms with Gasteiger partial charge in [0.15, 0.2) is 0 Å². The number of nitrogens with one attached hydrogen (secondary N) is 2. The summed E-state index contributed by atoms with van der Waals surface area (Å²) in [5, 5.41) is 11.0. The van der Waals surface area contributed by atoms with E-state index in [1.165, 1.54) is 24.3 Å². The van der Waals surface area contributed by atoms with E-state index in [4.69, 9.17) is 16.7 Å². The van der Waals surface area contributed by atoms with Gasteiger partial charge in [-0.2, -0.15) is 0 Å². The van der Waals surface area contributed by atoms with E-state index in [1.54, 1.807) is 24.3 Å². The summed E-state index contributed by atoms with van der Waals surface area (Å²) in [6, 6.07) is 11.1. The molecule has 0 aliphatic rings. The van der Waals surface area contributed by atoms with Crippen LogP contribution in [0.4, 0.5) is 5.69 Å². The Kier molecular flexibility index (Phi) is 7.17. The number of sulfonamides is 1. The molecule has 0 saturated carbocycles. The van der Waals surface area contributed by atoms with Crippen molar-refractivity contribution in [2.24, 2.45) is 11.1 Å². The number of halogens is 1. The summed E-state index contributed by atoms with van der Waals surface area (Å²) >= 11 is 5.83. The van der Waals surface area contributed by atoms with Crippen molar-refractivity contribution in [3.8, 4) is 0 Å². The Hall–Kier alpha value is -2.42. The molecule has 0 aliphatic heterocycles. The van der Waals surface area contributed by atoms with E-state index in [0.29, 0.717) is 22.7 Å². The molecule has 0 heterocycles. The first-order valence-corrected chi connectivity index (χ1v) is 10.5. The molecule has 2 aromatic carbocycles. The lowest BCUT2D eigenvalue weighted by atomic mass is 10.0. The molecule has 0 radical (unpaired) electrons. The molecule has 4 N–H and O–H groups in total. The Labute approximate surface area is 169 Å². The molecule has 9 heteroatoms. The Morgan fingerprint density at radius 1 is 1.04 bits per heavy atom. The molecular formula is C19H22ClN3O4S. The summed E-state index contributed by atoms with van der Waals surface area (Å²) in [7, 11) is -3.81. The van der Waals surface area contributed by atoms with E-state index in [2.05, 4.69) is 10.6 Å². The molecule has 0 bridgehead atoms. The van der Waals surface area contributed by atoms with Crippen LogP contribution in [0.1, 0.15) is 30.6 Å². The number of amides is 2. The normalized spacial score (nSPS) is 12.5. The summed E-state index contributed by atoms with van der Waals surface area (Å²) in [4.78, 5) is 25.1. The number of carbonyl (C=O) groups excluding carboxylic acids is 2. The second kappa shape index (κ2) is 9.18. The van der Waals surface area contributed by atoms with Crippen molar-refractivity contribution in [1.29, 1.82) is 0 Å². The predicted molar refractivity (Wildman–Crippen MR) is 109 cm³/mol. The largest absolute Gasteiger partial charge is 0.340 e. The fourth-order valence-electron chi connectivity index (χ4n) is 2.50. The molecule has 0 saturated heterocycles. The van der Waals surface area contributed by atoms with Crippen molar-refractivity contribution in [3.05, 3.63) is 59.1 Å². The van der Waals surface area contributed by atoms with Crippen LogP contribution in [0.15, 0.2) is 53.4 Å². The predicted octanol–water partition coefficient (Wildman–Crippen LogP) is 2.77. The second-order valence-electron chi connectivity index (χ2n) is 6.72. The van der Waals surface area contributed by atoms with Crippen LogP contribution in [0.2, 0.25) is 5.02 Å². The Morgan fingerprint density at radius 3 is 2.11 bits per heavy atom. The maximum absolute atomic E-state index is 12.7. The molecule has 0 fully saturated rings. The van der Waals surface area contributed by atoms with Crippen LogP contribution in [-0.4, -0.2) is 26.3 Å². The third-order valence-corrected chi connectivity index (χ3v) is 5.07. The molecule has 2 rings (SSSR count). The average molecular weight is 424 g/mol. The minimum Gasteiger partial charge on any atom is -0.340 e. The van der Waals surface area contributed by atoms with Crippen LogP contribution in [0, 0.1) is 5.92 Å². The number of rotatable bonds is 7. The SMILES string of the molecule is CC(C)CC(NC(=O)c1ccc(Cl)cc1)C(=O)Nc1ccc(S(N)(=O)=O)cc1. The lowest BCUT2D eigenvalue weighted by molar-refractivity contribution is -0.118. The van der Waals surface area contributed by atoms with Crippen molar-refractivity contribution in [2.45, 2.75) is 31.2 Å². The van der Waals surface area contributed by atoms with Gasteiger partial charge in [0.1, 0.15) is 6.04 Å². The van der Waals surface area contributed by atoms with Gasteiger partial charge in [0.2, 0.25) is 15.9 Å². The highest BCUT2D eigenvalue weighted by Crippen LogP contribution is 2.15. The number of anilines is 1. The van der Waals surface area contributed by atoms with Gasteiger partial charge in [-0.15, -0.1) is 0 Å². The van der Waals surface area contributed by atoms with Crippen molar-refractivity contribution >= 4 is 39.1 Å². The van der Waals surface area contributed by atoms with E-state index in [1.807, 2.05) is 13.8 Å². The van der Waals surface area contributed by atoms with Crippen molar-refractivity contribution in [2.75, 3.05) is 5.32 Å². The van der Waals surface area contributed by atoms with E-state index in [-0.39, 0.29) is 16.7 Å². The number of benzene rings is 2. The minimum atomic E-state index is -3.81. The first-order valence-electron chi connectivity index (χ1n) is 8.56. The Balaban J connectivity index is 2.12.